The Morgan fingerprint density at radius 2 is 1.65 bits per heavy atom. The van der Waals surface area contributed by atoms with Crippen molar-refractivity contribution in [1.29, 1.82) is 0 Å². The van der Waals surface area contributed by atoms with E-state index in [0.29, 0.717) is 0 Å². The maximum absolute atomic E-state index is 4.50. The molecule has 0 fully saturated rings. The third kappa shape index (κ3) is 3.35. The van der Waals surface area contributed by atoms with Crippen LogP contribution in [0.25, 0.3) is 0 Å². The molecule has 0 aliphatic heterocycles. The maximum Gasteiger partial charge on any atom is 0.0687 e. The van der Waals surface area contributed by atoms with Gasteiger partial charge in [-0.1, -0.05) is 37.3 Å². The van der Waals surface area contributed by atoms with Crippen LogP contribution >= 0.6 is 0 Å². The fourth-order valence-electron chi connectivity index (χ4n) is 1.70. The predicted octanol–water partition coefficient (Wildman–Crippen LogP) is 3.32. The van der Waals surface area contributed by atoms with E-state index in [-0.39, 0.29) is 18.6 Å². The first-order chi connectivity index (χ1) is 7.66. The van der Waals surface area contributed by atoms with Crippen LogP contribution in [0.15, 0.2) is 35.3 Å². The van der Waals surface area contributed by atoms with Crippen LogP contribution in [0, 0.1) is 20.8 Å². The molecule has 1 radical (unpaired) electrons. The molecule has 0 aliphatic carbocycles. The molecule has 2 rings (SSSR count). The van der Waals surface area contributed by atoms with E-state index in [1.54, 1.807) is 0 Å². The van der Waals surface area contributed by atoms with Crippen molar-refractivity contribution in [2.45, 2.75) is 20.8 Å². The molecule has 0 N–H and O–H groups in total. The van der Waals surface area contributed by atoms with Crippen LogP contribution in [0.3, 0.4) is 0 Å². The average Bonchev–Trinajstić information content (AvgIpc) is 2.63. The van der Waals surface area contributed by atoms with Gasteiger partial charge in [0.25, 0.3) is 0 Å². The van der Waals surface area contributed by atoms with Gasteiger partial charge in [-0.15, -0.1) is 5.69 Å². The van der Waals surface area contributed by atoms with Crippen LogP contribution in [-0.2, 0) is 18.6 Å². The van der Waals surface area contributed by atoms with Crippen molar-refractivity contribution in [1.82, 2.24) is 4.98 Å². The topological polar surface area (TPSA) is 26.5 Å². The van der Waals surface area contributed by atoms with Gasteiger partial charge in [0.1, 0.15) is 0 Å². The molecule has 0 amide bonds. The van der Waals surface area contributed by atoms with Crippen molar-refractivity contribution >= 4 is 11.9 Å². The van der Waals surface area contributed by atoms with E-state index in [4.69, 9.17) is 0 Å². The zero-order valence-electron chi connectivity index (χ0n) is 10.3. The van der Waals surface area contributed by atoms with Gasteiger partial charge in [0.05, 0.1) is 5.69 Å². The second kappa shape index (κ2) is 5.90. The fourth-order valence-corrected chi connectivity index (χ4v) is 1.70. The van der Waals surface area contributed by atoms with Gasteiger partial charge in [0, 0.05) is 24.8 Å². The van der Waals surface area contributed by atoms with E-state index in [9.17, 15) is 0 Å². The van der Waals surface area contributed by atoms with Crippen LogP contribution in [0.2, 0.25) is 0 Å². The summed E-state index contributed by atoms with van der Waals surface area (Å²) >= 11 is 0. The van der Waals surface area contributed by atoms with Crippen LogP contribution in [0.1, 0.15) is 22.5 Å². The Morgan fingerprint density at radius 3 is 2.18 bits per heavy atom. The summed E-state index contributed by atoms with van der Waals surface area (Å²) < 4.78 is 0. The largest absolute Gasteiger partial charge is 0.660 e. The summed E-state index contributed by atoms with van der Waals surface area (Å²) in [6.45, 7) is 6.13. The quantitative estimate of drug-likeness (QED) is 0.762. The van der Waals surface area contributed by atoms with E-state index >= 15 is 0 Å². The number of rotatable bonds is 2. The van der Waals surface area contributed by atoms with Crippen LogP contribution < -0.4 is 4.98 Å². The van der Waals surface area contributed by atoms with Crippen molar-refractivity contribution in [3.63, 3.8) is 0 Å². The molecule has 0 atom stereocenters. The van der Waals surface area contributed by atoms with Crippen molar-refractivity contribution < 1.29 is 18.6 Å². The molecule has 0 spiro atoms. The monoisotopic (exact) mass is 262 g/mol. The Balaban J connectivity index is 0.00000144. The van der Waals surface area contributed by atoms with Crippen LogP contribution in [0.4, 0.5) is 5.69 Å². The molecule has 2 aromatic rings. The van der Waals surface area contributed by atoms with E-state index in [0.717, 1.165) is 17.1 Å². The summed E-state index contributed by atoms with van der Waals surface area (Å²) in [5.74, 6) is 0. The van der Waals surface area contributed by atoms with Crippen LogP contribution in [-0.4, -0.2) is 6.21 Å². The summed E-state index contributed by atoms with van der Waals surface area (Å²) in [6.07, 6.45) is 1.82. The Bertz CT molecular complexity index is 507. The number of benzene rings is 1. The second-order valence-electron chi connectivity index (χ2n) is 4.01. The molecule has 0 aliphatic rings. The number of nitrogens with zero attached hydrogens (tertiary/aromatic N) is 2. The average molecular weight is 262 g/mol. The Kier molecular flexibility index (Phi) is 4.79. The molecule has 1 heterocycles. The number of aromatic nitrogens is 1. The van der Waals surface area contributed by atoms with Gasteiger partial charge in [-0.3, -0.25) is 4.99 Å². The minimum Gasteiger partial charge on any atom is -0.660 e. The van der Waals surface area contributed by atoms with Crippen LogP contribution in [0.5, 0.6) is 0 Å². The molecular formula is C14H15N2V-. The number of hydrogen-bond donors (Lipinski definition) is 0. The molecular weight excluding hydrogens is 247 g/mol. The fraction of sp³-hybridized carbons (Fsp3) is 0.214. The Hall–Kier alpha value is -1.25. The van der Waals surface area contributed by atoms with Gasteiger partial charge in [-0.05, 0) is 25.0 Å². The molecule has 0 saturated heterocycles. The molecule has 17 heavy (non-hydrogen) atoms. The molecule has 1 aromatic carbocycles. The number of aryl methyl sites for hydroxylation is 3. The van der Waals surface area contributed by atoms with Gasteiger partial charge >= 0.3 is 0 Å². The third-order valence-corrected chi connectivity index (χ3v) is 2.57. The van der Waals surface area contributed by atoms with Gasteiger partial charge in [0.15, 0.2) is 0 Å². The number of para-hydroxylation sites is 1. The summed E-state index contributed by atoms with van der Waals surface area (Å²) in [4.78, 5) is 8.84. The number of hydrogen-bond acceptors (Lipinski definition) is 1. The third-order valence-electron chi connectivity index (χ3n) is 2.57. The molecule has 87 valence electrons. The molecule has 2 nitrogen and oxygen atoms in total. The van der Waals surface area contributed by atoms with Crippen molar-refractivity contribution in [3.05, 3.63) is 52.8 Å². The molecule has 0 saturated carbocycles. The first-order valence-electron chi connectivity index (χ1n) is 5.37. The van der Waals surface area contributed by atoms with Crippen molar-refractivity contribution in [2.75, 3.05) is 0 Å². The summed E-state index contributed by atoms with van der Waals surface area (Å²) in [5, 5.41) is 0. The first kappa shape index (κ1) is 13.8. The molecule has 0 unspecified atom stereocenters. The summed E-state index contributed by atoms with van der Waals surface area (Å²) in [7, 11) is 0. The van der Waals surface area contributed by atoms with Gasteiger partial charge in [0.2, 0.25) is 0 Å². The maximum atomic E-state index is 4.50. The smallest absolute Gasteiger partial charge is 0.0687 e. The molecule has 0 bridgehead atoms. The SMILES string of the molecule is Cc1ccc(C=Nc2c(C)cccc2C)[n-]1.[V]. The zero-order chi connectivity index (χ0) is 11.5. The molecule has 3 heteroatoms. The Labute approximate surface area is 114 Å². The van der Waals surface area contributed by atoms with E-state index in [1.807, 2.05) is 25.3 Å². The van der Waals surface area contributed by atoms with Crippen molar-refractivity contribution in [3.8, 4) is 0 Å². The van der Waals surface area contributed by atoms with E-state index < -0.39 is 0 Å². The van der Waals surface area contributed by atoms with Gasteiger partial charge in [-0.25, -0.2) is 0 Å². The standard InChI is InChI=1S/C14H15N2.V/c1-10-5-4-6-11(2)14(10)15-9-13-8-7-12(3)16-13;/h4-9H,1-3H3;/q-1;. The number of aliphatic imine (C=N–C) groups is 1. The van der Waals surface area contributed by atoms with Gasteiger partial charge in [-0.2, -0.15) is 5.69 Å². The van der Waals surface area contributed by atoms with Crippen molar-refractivity contribution in [2.24, 2.45) is 4.99 Å². The zero-order valence-corrected chi connectivity index (χ0v) is 11.7. The van der Waals surface area contributed by atoms with E-state index in [1.165, 1.54) is 11.1 Å². The van der Waals surface area contributed by atoms with E-state index in [2.05, 4.69) is 42.0 Å². The first-order valence-corrected chi connectivity index (χ1v) is 5.37. The summed E-state index contributed by atoms with van der Waals surface area (Å²) in [6, 6.07) is 10.2. The minimum absolute atomic E-state index is 0. The van der Waals surface area contributed by atoms with Gasteiger partial charge < -0.3 is 4.98 Å². The second-order valence-corrected chi connectivity index (χ2v) is 4.01. The normalized spacial score (nSPS) is 10.5. The Morgan fingerprint density at radius 1 is 1.00 bits per heavy atom. The minimum atomic E-state index is 0. The summed E-state index contributed by atoms with van der Waals surface area (Å²) in [5.41, 5.74) is 5.38. The molecule has 1 aromatic heterocycles. The predicted molar refractivity (Wildman–Crippen MR) is 67.7 cm³/mol.